The minimum atomic E-state index is -1.76. The molecule has 0 radical (unpaired) electrons. The second kappa shape index (κ2) is 12.8. The molecule has 0 saturated carbocycles. The van der Waals surface area contributed by atoms with Crippen LogP contribution in [0.25, 0.3) is 0 Å². The van der Waals surface area contributed by atoms with Crippen LogP contribution < -0.4 is 0 Å². The molecule has 2 saturated heterocycles. The van der Waals surface area contributed by atoms with Gasteiger partial charge in [0.1, 0.15) is 23.5 Å². The molecule has 10 atom stereocenters. The zero-order chi connectivity index (χ0) is 34.8. The molecule has 13 heteroatoms. The number of carbonyl (C=O) groups excluding carboxylic acids is 3. The number of phenolic OH excluding ortho intramolecular Hbond substituents is 2. The average molecular weight is 670 g/mol. The topological polar surface area (TPSA) is 182 Å². The van der Waals surface area contributed by atoms with Crippen LogP contribution in [0.15, 0.2) is 24.3 Å². The van der Waals surface area contributed by atoms with Gasteiger partial charge in [0.15, 0.2) is 18.4 Å². The van der Waals surface area contributed by atoms with E-state index in [1.165, 1.54) is 38.3 Å². The first-order valence-corrected chi connectivity index (χ1v) is 16.2. The van der Waals surface area contributed by atoms with Crippen molar-refractivity contribution in [3.05, 3.63) is 57.6 Å². The zero-order valence-electron chi connectivity index (χ0n) is 27.8. The molecule has 2 aliphatic carbocycles. The van der Waals surface area contributed by atoms with Gasteiger partial charge < -0.3 is 49.0 Å². The van der Waals surface area contributed by atoms with Crippen LogP contribution >= 0.6 is 0 Å². The number of aliphatic hydroxyl groups excluding tert-OH is 1. The van der Waals surface area contributed by atoms with Gasteiger partial charge in [-0.25, -0.2) is 0 Å². The Hall–Kier alpha value is -3.43. The minimum Gasteiger partial charge on any atom is -0.507 e. The van der Waals surface area contributed by atoms with Crippen LogP contribution in [0.2, 0.25) is 0 Å². The van der Waals surface area contributed by atoms with Gasteiger partial charge in [0.25, 0.3) is 0 Å². The first kappa shape index (κ1) is 34.4. The highest BCUT2D eigenvalue weighted by molar-refractivity contribution is 6.30. The van der Waals surface area contributed by atoms with Gasteiger partial charge in [-0.3, -0.25) is 14.4 Å². The molecule has 2 aromatic rings. The van der Waals surface area contributed by atoms with E-state index >= 15 is 0 Å². The Labute approximate surface area is 278 Å². The van der Waals surface area contributed by atoms with E-state index in [4.69, 9.17) is 23.7 Å². The first-order valence-electron chi connectivity index (χ1n) is 16.2. The van der Waals surface area contributed by atoms with Gasteiger partial charge in [0.05, 0.1) is 48.3 Å². The van der Waals surface area contributed by atoms with Crippen molar-refractivity contribution in [1.29, 1.82) is 0 Å². The molecule has 6 rings (SSSR count). The second-order valence-electron chi connectivity index (χ2n) is 13.8. The van der Waals surface area contributed by atoms with Crippen molar-refractivity contribution in [2.45, 2.75) is 107 Å². The molecule has 2 aliphatic heterocycles. The summed E-state index contributed by atoms with van der Waals surface area (Å²) in [5, 5.41) is 44.3. The molecule has 10 unspecified atom stereocenters. The van der Waals surface area contributed by atoms with Crippen molar-refractivity contribution < 1.29 is 58.5 Å². The van der Waals surface area contributed by atoms with Gasteiger partial charge in [-0.05, 0) is 59.0 Å². The lowest BCUT2D eigenvalue weighted by Gasteiger charge is -2.47. The van der Waals surface area contributed by atoms with E-state index in [2.05, 4.69) is 0 Å². The van der Waals surface area contributed by atoms with Crippen LogP contribution in [-0.2, 0) is 28.5 Å². The summed E-state index contributed by atoms with van der Waals surface area (Å²) >= 11 is 0. The van der Waals surface area contributed by atoms with Gasteiger partial charge in [-0.1, -0.05) is 12.1 Å². The molecule has 0 aromatic heterocycles. The van der Waals surface area contributed by atoms with Crippen molar-refractivity contribution in [3.8, 4) is 11.5 Å². The number of phenols is 2. The molecule has 0 spiro atoms. The molecular weight excluding hydrogens is 626 g/mol. The number of ketones is 2. The Morgan fingerprint density at radius 2 is 1.69 bits per heavy atom. The van der Waals surface area contributed by atoms with Crippen LogP contribution in [0.5, 0.6) is 11.5 Å². The predicted octanol–water partition coefficient (Wildman–Crippen LogP) is 2.68. The van der Waals surface area contributed by atoms with E-state index in [1.54, 1.807) is 0 Å². The molecule has 4 N–H and O–H groups in total. The summed E-state index contributed by atoms with van der Waals surface area (Å²) in [6, 6.07) is 5.21. The molecule has 13 nitrogen and oxygen atoms in total. The highest BCUT2D eigenvalue weighted by Crippen LogP contribution is 2.53. The number of hydrogen-bond donors (Lipinski definition) is 4. The smallest absolute Gasteiger partial charge is 0.316 e. The summed E-state index contributed by atoms with van der Waals surface area (Å²) in [5.74, 6) is -4.51. The van der Waals surface area contributed by atoms with Crippen molar-refractivity contribution >= 4 is 17.5 Å². The molecule has 2 aromatic carbocycles. The number of aliphatic hydroxyl groups is 2. The number of esters is 1. The maximum absolute atomic E-state index is 13.8. The number of benzene rings is 2. The summed E-state index contributed by atoms with van der Waals surface area (Å²) in [4.78, 5) is 42.5. The van der Waals surface area contributed by atoms with Gasteiger partial charge >= 0.3 is 5.97 Å². The summed E-state index contributed by atoms with van der Waals surface area (Å²) in [7, 11) is 4.96. The number of carbonyl (C=O) groups is 3. The van der Waals surface area contributed by atoms with Gasteiger partial charge in [0.2, 0.25) is 5.78 Å². The Balaban J connectivity index is 1.37. The predicted molar refractivity (Wildman–Crippen MR) is 168 cm³/mol. The number of ether oxygens (including phenoxy) is 5. The van der Waals surface area contributed by atoms with E-state index in [0.717, 1.165) is 0 Å². The molecule has 2 heterocycles. The first-order chi connectivity index (χ1) is 22.6. The molecule has 0 bridgehead atoms. The average Bonchev–Trinajstić information content (AvgIpc) is 2.99. The molecule has 260 valence electrons. The van der Waals surface area contributed by atoms with Crippen molar-refractivity contribution in [3.63, 3.8) is 0 Å². The number of rotatable bonds is 6. The molecule has 2 fully saturated rings. The Bertz CT molecular complexity index is 1610. The number of methoxy groups -OCH3 is 1. The molecule has 0 amide bonds. The monoisotopic (exact) mass is 669 g/mol. The maximum Gasteiger partial charge on any atom is 0.316 e. The SMILES string of the molecule is COC(=O)C1c2cc3c(c(O)c2C(OC2CC(N(C)C)C(OC4CC(O)CC(C)O4)C(C)O2)CC1(C)O)C(=O)c1c(O)cccc1C3=O. The lowest BCUT2D eigenvalue weighted by molar-refractivity contribution is -0.301. The normalized spacial score (nSPS) is 34.7. The maximum atomic E-state index is 13.8. The van der Waals surface area contributed by atoms with Crippen molar-refractivity contribution in [2.24, 2.45) is 0 Å². The van der Waals surface area contributed by atoms with Crippen LogP contribution in [0.3, 0.4) is 0 Å². The molecule has 48 heavy (non-hydrogen) atoms. The summed E-state index contributed by atoms with van der Waals surface area (Å²) in [5.41, 5.74) is -2.40. The van der Waals surface area contributed by atoms with Gasteiger partial charge in [-0.15, -0.1) is 0 Å². The van der Waals surface area contributed by atoms with Crippen LogP contribution in [0.1, 0.15) is 101 Å². The van der Waals surface area contributed by atoms with Gasteiger partial charge in [0, 0.05) is 42.0 Å². The fourth-order valence-corrected chi connectivity index (χ4v) is 7.80. The third-order valence-electron chi connectivity index (χ3n) is 10.0. The highest BCUT2D eigenvalue weighted by atomic mass is 16.7. The fourth-order valence-electron chi connectivity index (χ4n) is 7.80. The van der Waals surface area contributed by atoms with E-state index < -0.39 is 77.5 Å². The summed E-state index contributed by atoms with van der Waals surface area (Å²) in [6.07, 6.45) is -3.32. The number of likely N-dealkylation sites (N-methyl/N-ethyl adjacent to an activating group) is 1. The molecular formula is C35H43NO12. The summed E-state index contributed by atoms with van der Waals surface area (Å²) in [6.45, 7) is 5.16. The van der Waals surface area contributed by atoms with Crippen LogP contribution in [-0.4, -0.2) is 113 Å². The Kier molecular flexibility index (Phi) is 9.18. The Morgan fingerprint density at radius 3 is 2.35 bits per heavy atom. The van der Waals surface area contributed by atoms with E-state index in [9.17, 15) is 34.8 Å². The second-order valence-corrected chi connectivity index (χ2v) is 13.8. The number of hydrogen-bond acceptors (Lipinski definition) is 13. The third-order valence-corrected chi connectivity index (χ3v) is 10.0. The highest BCUT2D eigenvalue weighted by Gasteiger charge is 2.52. The Morgan fingerprint density at radius 1 is 0.979 bits per heavy atom. The number of aromatic hydroxyl groups is 2. The zero-order valence-corrected chi connectivity index (χ0v) is 27.8. The quantitative estimate of drug-likeness (QED) is 0.282. The fraction of sp³-hybridized carbons (Fsp3) is 0.571. The largest absolute Gasteiger partial charge is 0.507 e. The summed E-state index contributed by atoms with van der Waals surface area (Å²) < 4.78 is 30.2. The van der Waals surface area contributed by atoms with Gasteiger partial charge in [-0.2, -0.15) is 0 Å². The lowest BCUT2D eigenvalue weighted by atomic mass is 9.68. The molecule has 4 aliphatic rings. The van der Waals surface area contributed by atoms with Crippen molar-refractivity contribution in [2.75, 3.05) is 21.2 Å². The number of fused-ring (bicyclic) bond motifs is 3. The van der Waals surface area contributed by atoms with E-state index in [-0.39, 0.29) is 51.9 Å². The standard InChI is InChI=1S/C35H43NO12/c1-15-10-17(37)11-24(45-15)48-33-16(2)46-25(13-21(33)36(4)5)47-23-14-35(3,43)29(34(42)44-6)19-12-20-28(32(41)27(19)23)31(40)26-18(30(20)39)8-7-9-22(26)38/h7-9,12,15-17,21,23-25,29,33,37-38,41,43H,10-11,13-14H2,1-6H3. The minimum absolute atomic E-state index is 0.0458. The lowest BCUT2D eigenvalue weighted by Crippen LogP contribution is -2.56. The van der Waals surface area contributed by atoms with Crippen LogP contribution in [0.4, 0.5) is 0 Å². The van der Waals surface area contributed by atoms with E-state index in [0.29, 0.717) is 19.3 Å². The van der Waals surface area contributed by atoms with Crippen molar-refractivity contribution in [1.82, 2.24) is 4.90 Å². The third kappa shape index (κ3) is 5.91. The van der Waals surface area contributed by atoms with Crippen LogP contribution in [0, 0.1) is 0 Å². The number of nitrogens with zero attached hydrogens (tertiary/aromatic N) is 1. The van der Waals surface area contributed by atoms with E-state index in [1.807, 2.05) is 32.8 Å².